The van der Waals surface area contributed by atoms with Gasteiger partial charge in [-0.2, -0.15) is 0 Å². The zero-order valence-electron chi connectivity index (χ0n) is 14.9. The van der Waals surface area contributed by atoms with E-state index in [0.29, 0.717) is 12.4 Å². The first-order valence-corrected chi connectivity index (χ1v) is 8.02. The number of ether oxygens (including phenoxy) is 1. The van der Waals surface area contributed by atoms with Crippen molar-refractivity contribution >= 4 is 11.6 Å². The normalized spacial score (nSPS) is 11.9. The lowest BCUT2D eigenvalue weighted by molar-refractivity contribution is -0.117. The smallest absolute Gasteiger partial charge is 0.241 e. The van der Waals surface area contributed by atoms with E-state index in [-0.39, 0.29) is 11.9 Å². The SMILES string of the molecule is COc1nc(C)cc(C)c1CNC(C)C(=O)Nc1ccc(C)cc1. The molecule has 0 spiro atoms. The predicted octanol–water partition coefficient (Wildman–Crippen LogP) is 3.13. The van der Waals surface area contributed by atoms with Crippen LogP contribution in [0.2, 0.25) is 0 Å². The molecule has 128 valence electrons. The minimum absolute atomic E-state index is 0.0736. The van der Waals surface area contributed by atoms with Gasteiger partial charge in [0.2, 0.25) is 11.8 Å². The Kier molecular flexibility index (Phi) is 5.93. The minimum atomic E-state index is -0.336. The van der Waals surface area contributed by atoms with Crippen molar-refractivity contribution in [1.29, 1.82) is 0 Å². The fourth-order valence-electron chi connectivity index (χ4n) is 2.45. The summed E-state index contributed by atoms with van der Waals surface area (Å²) in [7, 11) is 1.61. The van der Waals surface area contributed by atoms with Crippen molar-refractivity contribution in [3.63, 3.8) is 0 Å². The highest BCUT2D eigenvalue weighted by molar-refractivity contribution is 5.94. The molecule has 0 saturated carbocycles. The average Bonchev–Trinajstić information content (AvgIpc) is 2.55. The quantitative estimate of drug-likeness (QED) is 0.855. The van der Waals surface area contributed by atoms with Crippen LogP contribution in [0.5, 0.6) is 5.88 Å². The van der Waals surface area contributed by atoms with Gasteiger partial charge in [-0.1, -0.05) is 17.7 Å². The summed E-state index contributed by atoms with van der Waals surface area (Å²) in [5.41, 5.74) is 4.94. The van der Waals surface area contributed by atoms with Gasteiger partial charge < -0.3 is 15.4 Å². The van der Waals surface area contributed by atoms with Crippen LogP contribution in [0.1, 0.15) is 29.3 Å². The number of hydrogen-bond acceptors (Lipinski definition) is 4. The molecule has 1 heterocycles. The zero-order valence-corrected chi connectivity index (χ0v) is 14.9. The molecule has 0 aliphatic carbocycles. The number of hydrogen-bond donors (Lipinski definition) is 2. The van der Waals surface area contributed by atoms with Gasteiger partial charge in [-0.15, -0.1) is 0 Å². The first-order valence-electron chi connectivity index (χ1n) is 8.02. The van der Waals surface area contributed by atoms with E-state index in [0.717, 1.165) is 28.1 Å². The summed E-state index contributed by atoms with van der Waals surface area (Å²) < 4.78 is 5.35. The molecule has 0 bridgehead atoms. The van der Waals surface area contributed by atoms with Gasteiger partial charge in [0, 0.05) is 23.5 Å². The van der Waals surface area contributed by atoms with Crippen LogP contribution in [0.3, 0.4) is 0 Å². The summed E-state index contributed by atoms with van der Waals surface area (Å²) in [6.07, 6.45) is 0. The lowest BCUT2D eigenvalue weighted by Gasteiger charge is -2.17. The number of pyridine rings is 1. The van der Waals surface area contributed by atoms with E-state index in [4.69, 9.17) is 4.74 Å². The number of aryl methyl sites for hydroxylation is 3. The lowest BCUT2D eigenvalue weighted by atomic mass is 10.1. The molecule has 2 N–H and O–H groups in total. The van der Waals surface area contributed by atoms with Gasteiger partial charge in [0.15, 0.2) is 0 Å². The Morgan fingerprint density at radius 3 is 2.50 bits per heavy atom. The Balaban J connectivity index is 1.98. The number of aromatic nitrogens is 1. The Labute approximate surface area is 143 Å². The molecule has 0 saturated heterocycles. The van der Waals surface area contributed by atoms with Crippen molar-refractivity contribution in [2.45, 2.75) is 40.3 Å². The summed E-state index contributed by atoms with van der Waals surface area (Å²) in [5.74, 6) is 0.529. The van der Waals surface area contributed by atoms with Gasteiger partial charge in [0.1, 0.15) is 0 Å². The van der Waals surface area contributed by atoms with Gasteiger partial charge in [0.25, 0.3) is 0 Å². The molecule has 0 aliphatic rings. The first-order chi connectivity index (χ1) is 11.4. The Morgan fingerprint density at radius 2 is 1.88 bits per heavy atom. The molecule has 2 aromatic rings. The van der Waals surface area contributed by atoms with Gasteiger partial charge in [0.05, 0.1) is 13.2 Å². The van der Waals surface area contributed by atoms with Crippen LogP contribution < -0.4 is 15.4 Å². The summed E-state index contributed by atoms with van der Waals surface area (Å²) in [6.45, 7) is 8.33. The van der Waals surface area contributed by atoms with Crippen LogP contribution in [0, 0.1) is 20.8 Å². The third kappa shape index (κ3) is 4.55. The van der Waals surface area contributed by atoms with Crippen LogP contribution in [0.25, 0.3) is 0 Å². The van der Waals surface area contributed by atoms with Crippen molar-refractivity contribution in [2.75, 3.05) is 12.4 Å². The highest BCUT2D eigenvalue weighted by Gasteiger charge is 2.15. The molecule has 0 aliphatic heterocycles. The minimum Gasteiger partial charge on any atom is -0.481 e. The molecule has 5 heteroatoms. The predicted molar refractivity (Wildman–Crippen MR) is 96.4 cm³/mol. The fourth-order valence-corrected chi connectivity index (χ4v) is 2.45. The second kappa shape index (κ2) is 7.93. The molecule has 0 fully saturated rings. The molecule has 1 amide bonds. The number of nitrogens with one attached hydrogen (secondary N) is 2. The molecule has 0 radical (unpaired) electrons. The van der Waals surface area contributed by atoms with Gasteiger partial charge >= 0.3 is 0 Å². The molecule has 24 heavy (non-hydrogen) atoms. The van der Waals surface area contributed by atoms with E-state index < -0.39 is 0 Å². The number of methoxy groups -OCH3 is 1. The molecular formula is C19H25N3O2. The number of amides is 1. The zero-order chi connectivity index (χ0) is 17.7. The van der Waals surface area contributed by atoms with Crippen molar-refractivity contribution in [3.05, 3.63) is 52.7 Å². The highest BCUT2D eigenvalue weighted by Crippen LogP contribution is 2.20. The van der Waals surface area contributed by atoms with E-state index >= 15 is 0 Å². The number of anilines is 1. The summed E-state index contributed by atoms with van der Waals surface area (Å²) in [6, 6.07) is 9.42. The van der Waals surface area contributed by atoms with Gasteiger partial charge in [-0.3, -0.25) is 4.79 Å². The van der Waals surface area contributed by atoms with Crippen LogP contribution in [0.4, 0.5) is 5.69 Å². The molecule has 5 nitrogen and oxygen atoms in total. The average molecular weight is 327 g/mol. The maximum Gasteiger partial charge on any atom is 0.241 e. The van der Waals surface area contributed by atoms with E-state index in [1.54, 1.807) is 7.11 Å². The van der Waals surface area contributed by atoms with E-state index in [1.165, 1.54) is 0 Å². The van der Waals surface area contributed by atoms with Crippen LogP contribution in [-0.4, -0.2) is 24.0 Å². The number of nitrogens with zero attached hydrogens (tertiary/aromatic N) is 1. The molecule has 1 aromatic carbocycles. The molecule has 2 rings (SSSR count). The third-order valence-electron chi connectivity index (χ3n) is 3.93. The van der Waals surface area contributed by atoms with E-state index in [2.05, 4.69) is 15.6 Å². The van der Waals surface area contributed by atoms with Gasteiger partial charge in [-0.05, 0) is 51.5 Å². The Bertz CT molecular complexity index is 711. The van der Waals surface area contributed by atoms with E-state index in [1.807, 2.05) is 58.0 Å². The van der Waals surface area contributed by atoms with Crippen molar-refractivity contribution in [2.24, 2.45) is 0 Å². The number of carbonyl (C=O) groups excluding carboxylic acids is 1. The second-order valence-electron chi connectivity index (χ2n) is 6.03. The van der Waals surface area contributed by atoms with Crippen molar-refractivity contribution < 1.29 is 9.53 Å². The van der Waals surface area contributed by atoms with Crippen LogP contribution >= 0.6 is 0 Å². The Hall–Kier alpha value is -2.40. The summed E-state index contributed by atoms with van der Waals surface area (Å²) >= 11 is 0. The maximum atomic E-state index is 12.3. The summed E-state index contributed by atoms with van der Waals surface area (Å²) in [4.78, 5) is 16.7. The molecule has 1 atom stereocenters. The largest absolute Gasteiger partial charge is 0.481 e. The number of benzene rings is 1. The third-order valence-corrected chi connectivity index (χ3v) is 3.93. The second-order valence-corrected chi connectivity index (χ2v) is 6.03. The van der Waals surface area contributed by atoms with Crippen molar-refractivity contribution in [3.8, 4) is 5.88 Å². The molecule has 1 aromatic heterocycles. The summed E-state index contributed by atoms with van der Waals surface area (Å²) in [5, 5.41) is 6.14. The molecule has 1 unspecified atom stereocenters. The number of carbonyl (C=O) groups is 1. The van der Waals surface area contributed by atoms with Crippen LogP contribution in [-0.2, 0) is 11.3 Å². The van der Waals surface area contributed by atoms with Gasteiger partial charge in [-0.25, -0.2) is 4.98 Å². The van der Waals surface area contributed by atoms with Crippen molar-refractivity contribution in [1.82, 2.24) is 10.3 Å². The molecular weight excluding hydrogens is 302 g/mol. The fraction of sp³-hybridized carbons (Fsp3) is 0.368. The first kappa shape index (κ1) is 17.9. The maximum absolute atomic E-state index is 12.3. The Morgan fingerprint density at radius 1 is 1.21 bits per heavy atom. The standard InChI is InChI=1S/C19H25N3O2/c1-12-6-8-16(9-7-12)22-18(23)15(4)20-11-17-13(2)10-14(3)21-19(17)24-5/h6-10,15,20H,11H2,1-5H3,(H,22,23). The van der Waals surface area contributed by atoms with Crippen LogP contribution in [0.15, 0.2) is 30.3 Å². The highest BCUT2D eigenvalue weighted by atomic mass is 16.5. The number of rotatable bonds is 6. The lowest BCUT2D eigenvalue weighted by Crippen LogP contribution is -2.37. The van der Waals surface area contributed by atoms with E-state index in [9.17, 15) is 4.79 Å². The monoisotopic (exact) mass is 327 g/mol. The topological polar surface area (TPSA) is 63.2 Å².